The van der Waals surface area contributed by atoms with Crippen LogP contribution in [0.3, 0.4) is 0 Å². The number of primary amides is 1. The minimum Gasteiger partial charge on any atom is -0.399 e. The summed E-state index contributed by atoms with van der Waals surface area (Å²) < 4.78 is 0. The highest BCUT2D eigenvalue weighted by atomic mass is 32.2. The average Bonchev–Trinajstić information content (AvgIpc) is 2.14. The van der Waals surface area contributed by atoms with Crippen LogP contribution in [0.1, 0.15) is 13.3 Å². The zero-order valence-electron chi connectivity index (χ0n) is 8.07. The van der Waals surface area contributed by atoms with E-state index in [1.54, 1.807) is 0 Å². The highest BCUT2D eigenvalue weighted by molar-refractivity contribution is 8.00. The molecule has 0 aliphatic heterocycles. The number of carbonyl (C=O) groups excluding carboxylic acids is 1. The van der Waals surface area contributed by atoms with E-state index in [4.69, 9.17) is 11.5 Å². The zero-order valence-corrected chi connectivity index (χ0v) is 8.88. The molecule has 0 spiro atoms. The van der Waals surface area contributed by atoms with Gasteiger partial charge in [-0.15, -0.1) is 11.8 Å². The molecule has 0 bridgehead atoms. The van der Waals surface area contributed by atoms with Gasteiger partial charge in [0.1, 0.15) is 0 Å². The molecular formula is C10H14N2OS. The van der Waals surface area contributed by atoms with Crippen molar-refractivity contribution in [2.75, 3.05) is 5.73 Å². The summed E-state index contributed by atoms with van der Waals surface area (Å²) in [6, 6.07) is 7.45. The standard InChI is InChI=1S/C10H14N2OS/c1-2-9(10(12)13)14-8-5-3-4-7(11)6-8/h3-6,9H,2,11H2,1H3,(H2,12,13). The SMILES string of the molecule is CCC(Sc1cccc(N)c1)C(N)=O. The summed E-state index contributed by atoms with van der Waals surface area (Å²) >= 11 is 1.46. The van der Waals surface area contributed by atoms with E-state index in [0.29, 0.717) is 5.69 Å². The summed E-state index contributed by atoms with van der Waals surface area (Å²) in [6.07, 6.45) is 0.731. The van der Waals surface area contributed by atoms with Gasteiger partial charge in [-0.2, -0.15) is 0 Å². The summed E-state index contributed by atoms with van der Waals surface area (Å²) in [5.74, 6) is -0.278. The minimum absolute atomic E-state index is 0.170. The second kappa shape index (κ2) is 4.91. The van der Waals surface area contributed by atoms with Crippen molar-refractivity contribution < 1.29 is 4.79 Å². The third-order valence-corrected chi connectivity index (χ3v) is 3.20. The summed E-state index contributed by atoms with van der Waals surface area (Å²) in [6.45, 7) is 1.94. The molecule has 0 aromatic heterocycles. The Kier molecular flexibility index (Phi) is 3.83. The Bertz CT molecular complexity index is 328. The predicted octanol–water partition coefficient (Wildman–Crippen LogP) is 1.62. The third kappa shape index (κ3) is 2.96. The fourth-order valence-corrected chi connectivity index (χ4v) is 2.07. The molecule has 0 fully saturated rings. The van der Waals surface area contributed by atoms with Crippen molar-refractivity contribution in [3.8, 4) is 0 Å². The van der Waals surface area contributed by atoms with Crippen molar-refractivity contribution in [2.24, 2.45) is 5.73 Å². The van der Waals surface area contributed by atoms with Crippen molar-refractivity contribution in [2.45, 2.75) is 23.5 Å². The van der Waals surface area contributed by atoms with Gasteiger partial charge >= 0.3 is 0 Å². The minimum atomic E-state index is -0.278. The van der Waals surface area contributed by atoms with Crippen molar-refractivity contribution in [1.29, 1.82) is 0 Å². The van der Waals surface area contributed by atoms with Crippen LogP contribution in [0.25, 0.3) is 0 Å². The van der Waals surface area contributed by atoms with Gasteiger partial charge in [-0.05, 0) is 24.6 Å². The highest BCUT2D eigenvalue weighted by Crippen LogP contribution is 2.26. The Morgan fingerprint density at radius 2 is 2.29 bits per heavy atom. The number of amides is 1. The second-order valence-electron chi connectivity index (χ2n) is 2.99. The molecular weight excluding hydrogens is 196 g/mol. The number of nitrogen functional groups attached to an aromatic ring is 1. The molecule has 0 aliphatic rings. The van der Waals surface area contributed by atoms with Crippen LogP contribution in [0.2, 0.25) is 0 Å². The quantitative estimate of drug-likeness (QED) is 0.586. The van der Waals surface area contributed by atoms with Crippen LogP contribution < -0.4 is 11.5 Å². The van der Waals surface area contributed by atoms with E-state index in [0.717, 1.165) is 11.3 Å². The van der Waals surface area contributed by atoms with E-state index in [1.807, 2.05) is 31.2 Å². The van der Waals surface area contributed by atoms with Crippen molar-refractivity contribution in [1.82, 2.24) is 0 Å². The molecule has 14 heavy (non-hydrogen) atoms. The van der Waals surface area contributed by atoms with Crippen LogP contribution in [0.4, 0.5) is 5.69 Å². The van der Waals surface area contributed by atoms with Crippen LogP contribution in [0.15, 0.2) is 29.2 Å². The summed E-state index contributed by atoms with van der Waals surface area (Å²) in [7, 11) is 0. The molecule has 1 aromatic rings. The molecule has 1 atom stereocenters. The number of rotatable bonds is 4. The van der Waals surface area contributed by atoms with Crippen LogP contribution in [-0.2, 0) is 4.79 Å². The first kappa shape index (κ1) is 10.9. The van der Waals surface area contributed by atoms with E-state index in [2.05, 4.69) is 0 Å². The first-order chi connectivity index (χ1) is 6.63. The molecule has 3 nitrogen and oxygen atoms in total. The number of thioether (sulfide) groups is 1. The van der Waals surface area contributed by atoms with Gasteiger partial charge in [0, 0.05) is 10.6 Å². The van der Waals surface area contributed by atoms with Crippen LogP contribution >= 0.6 is 11.8 Å². The molecule has 0 aliphatic carbocycles. The molecule has 0 radical (unpaired) electrons. The Balaban J connectivity index is 2.72. The fourth-order valence-electron chi connectivity index (χ4n) is 1.09. The molecule has 0 saturated carbocycles. The Hall–Kier alpha value is -1.16. The van der Waals surface area contributed by atoms with Gasteiger partial charge in [0.05, 0.1) is 5.25 Å². The summed E-state index contributed by atoms with van der Waals surface area (Å²) in [4.78, 5) is 12.0. The Labute approximate surface area is 87.9 Å². The predicted molar refractivity (Wildman–Crippen MR) is 60.0 cm³/mol. The number of hydrogen-bond acceptors (Lipinski definition) is 3. The molecule has 4 heteroatoms. The van der Waals surface area contributed by atoms with Crippen molar-refractivity contribution >= 4 is 23.4 Å². The molecule has 1 amide bonds. The lowest BCUT2D eigenvalue weighted by Crippen LogP contribution is -2.24. The van der Waals surface area contributed by atoms with Gasteiger partial charge < -0.3 is 11.5 Å². The maximum absolute atomic E-state index is 11.0. The van der Waals surface area contributed by atoms with Gasteiger partial charge in [0.25, 0.3) is 0 Å². The Morgan fingerprint density at radius 3 is 2.79 bits per heavy atom. The average molecular weight is 210 g/mol. The molecule has 4 N–H and O–H groups in total. The molecule has 76 valence electrons. The van der Waals surface area contributed by atoms with E-state index in [-0.39, 0.29) is 11.2 Å². The van der Waals surface area contributed by atoms with E-state index >= 15 is 0 Å². The molecule has 0 saturated heterocycles. The maximum atomic E-state index is 11.0. The number of hydrogen-bond donors (Lipinski definition) is 2. The van der Waals surface area contributed by atoms with Gasteiger partial charge in [-0.25, -0.2) is 0 Å². The van der Waals surface area contributed by atoms with Crippen LogP contribution in [-0.4, -0.2) is 11.2 Å². The number of nitrogens with two attached hydrogens (primary N) is 2. The van der Waals surface area contributed by atoms with Crippen LogP contribution in [0.5, 0.6) is 0 Å². The number of anilines is 1. The lowest BCUT2D eigenvalue weighted by molar-refractivity contribution is -0.117. The van der Waals surface area contributed by atoms with Crippen molar-refractivity contribution in [3.63, 3.8) is 0 Å². The molecule has 1 aromatic carbocycles. The number of benzene rings is 1. The molecule has 1 rings (SSSR count). The van der Waals surface area contributed by atoms with Gasteiger partial charge in [-0.3, -0.25) is 4.79 Å². The second-order valence-corrected chi connectivity index (χ2v) is 4.27. The summed E-state index contributed by atoms with van der Waals surface area (Å²) in [5, 5.41) is -0.170. The number of carbonyl (C=O) groups is 1. The lowest BCUT2D eigenvalue weighted by Gasteiger charge is -2.10. The van der Waals surface area contributed by atoms with Crippen LogP contribution in [0, 0.1) is 0 Å². The molecule has 0 heterocycles. The molecule has 1 unspecified atom stereocenters. The van der Waals surface area contributed by atoms with Gasteiger partial charge in [-0.1, -0.05) is 13.0 Å². The first-order valence-electron chi connectivity index (χ1n) is 4.45. The maximum Gasteiger partial charge on any atom is 0.230 e. The van der Waals surface area contributed by atoms with E-state index in [1.165, 1.54) is 11.8 Å². The van der Waals surface area contributed by atoms with E-state index in [9.17, 15) is 4.79 Å². The van der Waals surface area contributed by atoms with Gasteiger partial charge in [0.2, 0.25) is 5.91 Å². The van der Waals surface area contributed by atoms with Crippen molar-refractivity contribution in [3.05, 3.63) is 24.3 Å². The lowest BCUT2D eigenvalue weighted by atomic mass is 10.3. The summed E-state index contributed by atoms with van der Waals surface area (Å²) in [5.41, 5.74) is 11.6. The third-order valence-electron chi connectivity index (χ3n) is 1.82. The zero-order chi connectivity index (χ0) is 10.6. The smallest absolute Gasteiger partial charge is 0.230 e. The van der Waals surface area contributed by atoms with Gasteiger partial charge in [0.15, 0.2) is 0 Å². The highest BCUT2D eigenvalue weighted by Gasteiger charge is 2.13. The topological polar surface area (TPSA) is 69.1 Å². The fraction of sp³-hybridized carbons (Fsp3) is 0.300. The largest absolute Gasteiger partial charge is 0.399 e. The van der Waals surface area contributed by atoms with E-state index < -0.39 is 0 Å². The monoisotopic (exact) mass is 210 g/mol. The normalized spacial score (nSPS) is 12.4. The Morgan fingerprint density at radius 1 is 1.57 bits per heavy atom. The first-order valence-corrected chi connectivity index (χ1v) is 5.33.